The highest BCUT2D eigenvalue weighted by Crippen LogP contribution is 2.48. The van der Waals surface area contributed by atoms with E-state index in [0.29, 0.717) is 12.8 Å². The molecule has 0 radical (unpaired) electrons. The molecule has 3 heterocycles. The first-order valence-electron chi connectivity index (χ1n) is 14.3. The van der Waals surface area contributed by atoms with Crippen LogP contribution in [-0.4, -0.2) is 84.3 Å². The van der Waals surface area contributed by atoms with Gasteiger partial charge in [-0.3, -0.25) is 0 Å². The SMILES string of the molecule is [N-]=[N+]=NC1[C@H](O[C@H]2C(N=[N+]=[N-])C[C@@H](N=[N+]=[N-])C3OC4(CCCCC4)O[C@H]32)OC2COC3(CCCCC3)O[C@@H]2[C@@H]1O. The summed E-state index contributed by atoms with van der Waals surface area (Å²) in [5, 5.41) is 23.1. The minimum absolute atomic E-state index is 0.168. The topological polar surface area (TPSA) is 222 Å². The van der Waals surface area contributed by atoms with Crippen molar-refractivity contribution in [2.45, 2.75) is 143 Å². The van der Waals surface area contributed by atoms with Crippen molar-refractivity contribution in [3.63, 3.8) is 0 Å². The van der Waals surface area contributed by atoms with Crippen LogP contribution in [-0.2, 0) is 28.4 Å². The highest BCUT2D eigenvalue weighted by atomic mass is 16.8. The van der Waals surface area contributed by atoms with Crippen molar-refractivity contribution in [3.05, 3.63) is 31.3 Å². The molecular weight excluding hydrogens is 526 g/mol. The minimum atomic E-state index is -1.22. The molecule has 6 rings (SSSR count). The summed E-state index contributed by atoms with van der Waals surface area (Å²) in [7, 11) is 0. The Kier molecular flexibility index (Phi) is 7.99. The highest BCUT2D eigenvalue weighted by Gasteiger charge is 2.60. The van der Waals surface area contributed by atoms with Crippen molar-refractivity contribution in [1.29, 1.82) is 0 Å². The van der Waals surface area contributed by atoms with Crippen molar-refractivity contribution in [3.8, 4) is 0 Å². The highest BCUT2D eigenvalue weighted by molar-refractivity contribution is 5.08. The van der Waals surface area contributed by atoms with Crippen LogP contribution >= 0.6 is 0 Å². The van der Waals surface area contributed by atoms with E-state index in [0.717, 1.165) is 51.4 Å². The van der Waals surface area contributed by atoms with Gasteiger partial charge in [-0.25, -0.2) is 0 Å². The summed E-state index contributed by atoms with van der Waals surface area (Å²) in [6, 6.07) is -2.57. The molecule has 6 fully saturated rings. The van der Waals surface area contributed by atoms with Crippen molar-refractivity contribution in [2.24, 2.45) is 15.3 Å². The third kappa shape index (κ3) is 5.10. The molecule has 0 amide bonds. The van der Waals surface area contributed by atoms with Gasteiger partial charge >= 0.3 is 0 Å². The van der Waals surface area contributed by atoms with Crippen LogP contribution in [0.4, 0.5) is 0 Å². The molecule has 1 N–H and O–H groups in total. The number of aliphatic hydroxyl groups excluding tert-OH is 1. The number of rotatable bonds is 5. The summed E-state index contributed by atoms with van der Waals surface area (Å²) in [4.78, 5) is 8.94. The van der Waals surface area contributed by atoms with Crippen LogP contribution in [0.1, 0.15) is 70.6 Å². The normalized spacial score (nSPS) is 43.4. The zero-order valence-corrected chi connectivity index (χ0v) is 22.2. The molecule has 2 spiro atoms. The average Bonchev–Trinajstić information content (AvgIpc) is 3.33. The summed E-state index contributed by atoms with van der Waals surface area (Å²) >= 11 is 0. The van der Waals surface area contributed by atoms with Gasteiger partial charge < -0.3 is 33.5 Å². The van der Waals surface area contributed by atoms with Crippen LogP contribution < -0.4 is 0 Å². The van der Waals surface area contributed by atoms with Crippen molar-refractivity contribution >= 4 is 0 Å². The summed E-state index contributed by atoms with van der Waals surface area (Å²) < 4.78 is 38.1. The van der Waals surface area contributed by atoms with Gasteiger partial charge in [0.15, 0.2) is 17.9 Å². The van der Waals surface area contributed by atoms with E-state index in [1.54, 1.807) is 0 Å². The van der Waals surface area contributed by atoms with Crippen LogP contribution in [0, 0.1) is 0 Å². The van der Waals surface area contributed by atoms with Gasteiger partial charge in [0, 0.05) is 40.4 Å². The molecule has 40 heavy (non-hydrogen) atoms. The first kappa shape index (κ1) is 27.8. The zero-order chi connectivity index (χ0) is 27.7. The largest absolute Gasteiger partial charge is 0.390 e. The van der Waals surface area contributed by atoms with Gasteiger partial charge in [0.2, 0.25) is 0 Å². The maximum Gasteiger partial charge on any atom is 0.169 e. The average molecular weight is 562 g/mol. The van der Waals surface area contributed by atoms with Crippen LogP contribution in [0.3, 0.4) is 0 Å². The first-order valence-corrected chi connectivity index (χ1v) is 14.3. The van der Waals surface area contributed by atoms with Gasteiger partial charge in [-0.1, -0.05) is 28.2 Å². The fourth-order valence-electron chi connectivity index (χ4n) is 7.30. The number of aliphatic hydroxyl groups is 1. The molecule has 4 unspecified atom stereocenters. The molecule has 3 aliphatic heterocycles. The molecular formula is C24H35N9O7. The van der Waals surface area contributed by atoms with E-state index in [1.807, 2.05) is 0 Å². The maximum absolute atomic E-state index is 11.4. The third-order valence-electron chi connectivity index (χ3n) is 9.20. The number of hydrogen-bond acceptors (Lipinski definition) is 10. The minimum Gasteiger partial charge on any atom is -0.390 e. The zero-order valence-electron chi connectivity index (χ0n) is 22.2. The fraction of sp³-hybridized carbons (Fsp3) is 1.00. The van der Waals surface area contributed by atoms with E-state index < -0.39 is 72.6 Å². The number of hydrogen-bond donors (Lipinski definition) is 1. The first-order chi connectivity index (χ1) is 19.5. The lowest BCUT2D eigenvalue weighted by atomic mass is 9.84. The standard InChI is InChI=1S/C24H35N9O7/c25-31-28-13-11-14(29-32-26)19-21(40-24(38-19)9-5-2-6-10-24)18(13)37-22-16(30-33-27)17(34)20-15(36-22)12-35-23(39-20)7-3-1-4-8-23/h13-22,34H,1-12H2/t13?,14-,15?,16?,17-,18+,19?,20+,21+,22+/m1/s1. The summed E-state index contributed by atoms with van der Waals surface area (Å²) in [5.74, 6) is -1.62. The molecule has 3 saturated heterocycles. The lowest BCUT2D eigenvalue weighted by molar-refractivity contribution is -0.387. The number of fused-ring (bicyclic) bond motifs is 2. The fourth-order valence-corrected chi connectivity index (χ4v) is 7.30. The van der Waals surface area contributed by atoms with Gasteiger partial charge in [0.1, 0.15) is 24.4 Å². The van der Waals surface area contributed by atoms with E-state index in [1.165, 1.54) is 0 Å². The van der Waals surface area contributed by atoms with Gasteiger partial charge in [-0.05, 0) is 48.7 Å². The number of nitrogens with zero attached hydrogens (tertiary/aromatic N) is 9. The predicted molar refractivity (Wildman–Crippen MR) is 135 cm³/mol. The monoisotopic (exact) mass is 561 g/mol. The lowest BCUT2D eigenvalue weighted by Gasteiger charge is -2.52. The smallest absolute Gasteiger partial charge is 0.169 e. The van der Waals surface area contributed by atoms with Crippen LogP contribution in [0.15, 0.2) is 15.3 Å². The Balaban J connectivity index is 1.27. The van der Waals surface area contributed by atoms with Crippen molar-refractivity contribution in [1.82, 2.24) is 0 Å². The number of ether oxygens (including phenoxy) is 6. The second-order valence-electron chi connectivity index (χ2n) is 11.6. The van der Waals surface area contributed by atoms with Gasteiger partial charge in [0.05, 0.1) is 37.0 Å². The molecule has 218 valence electrons. The molecule has 3 aliphatic carbocycles. The summed E-state index contributed by atoms with van der Waals surface area (Å²) in [6.45, 7) is 0.183. The quantitative estimate of drug-likeness (QED) is 0.288. The molecule has 16 heteroatoms. The Bertz CT molecular complexity index is 1080. The molecule has 0 aromatic heterocycles. The molecule has 0 aromatic carbocycles. The van der Waals surface area contributed by atoms with Crippen molar-refractivity contribution < 1.29 is 33.5 Å². The predicted octanol–water partition coefficient (Wildman–Crippen LogP) is 4.42. The molecule has 0 bridgehead atoms. The second kappa shape index (κ2) is 11.5. The Hall–Kier alpha value is -2.35. The van der Waals surface area contributed by atoms with Gasteiger partial charge in [-0.2, -0.15) is 0 Å². The van der Waals surface area contributed by atoms with E-state index in [4.69, 9.17) is 28.4 Å². The van der Waals surface area contributed by atoms with Crippen LogP contribution in [0.2, 0.25) is 0 Å². The molecule has 10 atom stereocenters. The van der Waals surface area contributed by atoms with Crippen molar-refractivity contribution in [2.75, 3.05) is 6.61 Å². The molecule has 6 aliphatic rings. The Labute approximate surface area is 230 Å². The molecule has 16 nitrogen and oxygen atoms in total. The van der Waals surface area contributed by atoms with Crippen LogP contribution in [0.25, 0.3) is 31.3 Å². The van der Waals surface area contributed by atoms with Crippen LogP contribution in [0.5, 0.6) is 0 Å². The summed E-state index contributed by atoms with van der Waals surface area (Å²) in [5.41, 5.74) is 27.9. The van der Waals surface area contributed by atoms with E-state index in [2.05, 4.69) is 30.1 Å². The Morgan fingerprint density at radius 3 is 2.00 bits per heavy atom. The maximum atomic E-state index is 11.4. The molecule has 0 aromatic rings. The van der Waals surface area contributed by atoms with E-state index in [-0.39, 0.29) is 13.0 Å². The second-order valence-corrected chi connectivity index (χ2v) is 11.6. The van der Waals surface area contributed by atoms with Gasteiger partial charge in [0.25, 0.3) is 0 Å². The van der Waals surface area contributed by atoms with Gasteiger partial charge in [-0.15, -0.1) is 0 Å². The Morgan fingerprint density at radius 1 is 0.725 bits per heavy atom. The number of azide groups is 3. The van der Waals surface area contributed by atoms with E-state index >= 15 is 0 Å². The molecule has 3 saturated carbocycles. The summed E-state index contributed by atoms with van der Waals surface area (Å²) in [6.07, 6.45) is 2.82. The lowest BCUT2D eigenvalue weighted by Crippen LogP contribution is -2.66. The Morgan fingerprint density at radius 2 is 1.32 bits per heavy atom. The van der Waals surface area contributed by atoms with E-state index in [9.17, 15) is 21.7 Å². The third-order valence-corrected chi connectivity index (χ3v) is 9.20.